The van der Waals surface area contributed by atoms with Crippen LogP contribution in [-0.2, 0) is 15.9 Å². The Bertz CT molecular complexity index is 777. The summed E-state index contributed by atoms with van der Waals surface area (Å²) in [6.45, 7) is 11.3. The molecule has 29 heavy (non-hydrogen) atoms. The third-order valence-corrected chi connectivity index (χ3v) is 6.01. The molecule has 0 spiro atoms. The van der Waals surface area contributed by atoms with Gasteiger partial charge in [0.15, 0.2) is 11.5 Å². The number of rotatable bonds is 8. The Morgan fingerprint density at radius 2 is 2.00 bits per heavy atom. The van der Waals surface area contributed by atoms with Gasteiger partial charge in [0.2, 0.25) is 0 Å². The number of benzene rings is 1. The molecule has 4 rings (SSSR count). The van der Waals surface area contributed by atoms with Crippen molar-refractivity contribution >= 4 is 0 Å². The van der Waals surface area contributed by atoms with Crippen LogP contribution in [0.1, 0.15) is 36.8 Å². The highest BCUT2D eigenvalue weighted by molar-refractivity contribution is 5.27. The summed E-state index contributed by atoms with van der Waals surface area (Å²) < 4.78 is 11.5. The molecule has 2 aliphatic heterocycles. The molecule has 0 radical (unpaired) electrons. The number of nitrogens with one attached hydrogen (secondary N) is 1. The SMILES string of the molecule is C=C(Cc1cccc(C)c1)N[C@@H](CC1C=C2OCCOC2=CC1)CN1CCCC1. The van der Waals surface area contributed by atoms with Crippen molar-refractivity contribution in [3.05, 3.63) is 71.3 Å². The van der Waals surface area contributed by atoms with Crippen molar-refractivity contribution in [3.8, 4) is 0 Å². The lowest BCUT2D eigenvalue weighted by atomic mass is 9.91. The topological polar surface area (TPSA) is 33.7 Å². The van der Waals surface area contributed by atoms with Crippen LogP contribution in [0.2, 0.25) is 0 Å². The van der Waals surface area contributed by atoms with Crippen molar-refractivity contribution < 1.29 is 9.47 Å². The molecule has 1 aromatic rings. The van der Waals surface area contributed by atoms with Crippen molar-refractivity contribution in [1.29, 1.82) is 0 Å². The Balaban J connectivity index is 1.38. The normalized spacial score (nSPS) is 22.6. The van der Waals surface area contributed by atoms with Crippen LogP contribution in [-0.4, -0.2) is 43.8 Å². The molecule has 0 amide bonds. The fraction of sp³-hybridized carbons (Fsp3) is 0.520. The lowest BCUT2D eigenvalue weighted by Gasteiger charge is -2.31. The number of nitrogens with zero attached hydrogens (tertiary/aromatic N) is 1. The summed E-state index contributed by atoms with van der Waals surface area (Å²) in [5, 5.41) is 3.77. The van der Waals surface area contributed by atoms with Crippen molar-refractivity contribution in [2.45, 2.75) is 45.1 Å². The number of ether oxygens (including phenoxy) is 2. The maximum absolute atomic E-state index is 5.82. The van der Waals surface area contributed by atoms with Gasteiger partial charge in [0, 0.05) is 24.7 Å². The van der Waals surface area contributed by atoms with E-state index < -0.39 is 0 Å². The van der Waals surface area contributed by atoms with Gasteiger partial charge in [-0.3, -0.25) is 0 Å². The molecule has 1 unspecified atom stereocenters. The largest absolute Gasteiger partial charge is 0.486 e. The van der Waals surface area contributed by atoms with Crippen LogP contribution in [0.5, 0.6) is 0 Å². The van der Waals surface area contributed by atoms with Crippen LogP contribution in [0.3, 0.4) is 0 Å². The molecular weight excluding hydrogens is 360 g/mol. The van der Waals surface area contributed by atoms with Crippen LogP contribution in [0.25, 0.3) is 0 Å². The van der Waals surface area contributed by atoms with Gasteiger partial charge in [0.05, 0.1) is 0 Å². The van der Waals surface area contributed by atoms with Gasteiger partial charge >= 0.3 is 0 Å². The molecule has 1 aromatic carbocycles. The first-order valence-corrected chi connectivity index (χ1v) is 11.1. The fourth-order valence-electron chi connectivity index (χ4n) is 4.67. The van der Waals surface area contributed by atoms with E-state index in [4.69, 9.17) is 9.47 Å². The van der Waals surface area contributed by atoms with Gasteiger partial charge < -0.3 is 19.7 Å². The van der Waals surface area contributed by atoms with Gasteiger partial charge in [0.25, 0.3) is 0 Å². The highest BCUT2D eigenvalue weighted by Crippen LogP contribution is 2.30. The molecule has 4 nitrogen and oxygen atoms in total. The molecule has 0 saturated carbocycles. The Morgan fingerprint density at radius 3 is 2.79 bits per heavy atom. The molecule has 4 heteroatoms. The quantitative estimate of drug-likeness (QED) is 0.712. The third kappa shape index (κ3) is 5.66. The van der Waals surface area contributed by atoms with Crippen LogP contribution < -0.4 is 5.32 Å². The highest BCUT2D eigenvalue weighted by atomic mass is 16.6. The Labute approximate surface area is 175 Å². The van der Waals surface area contributed by atoms with Crippen molar-refractivity contribution in [3.63, 3.8) is 0 Å². The number of aryl methyl sites for hydroxylation is 1. The van der Waals surface area contributed by atoms with Gasteiger partial charge in [-0.05, 0) is 69.3 Å². The van der Waals surface area contributed by atoms with Gasteiger partial charge in [-0.2, -0.15) is 0 Å². The zero-order valence-electron chi connectivity index (χ0n) is 17.7. The minimum atomic E-state index is 0.395. The van der Waals surface area contributed by atoms with Crippen LogP contribution in [0.4, 0.5) is 0 Å². The van der Waals surface area contributed by atoms with Crippen LogP contribution >= 0.6 is 0 Å². The molecule has 1 aliphatic carbocycles. The van der Waals surface area contributed by atoms with Crippen LogP contribution in [0, 0.1) is 12.8 Å². The zero-order valence-corrected chi connectivity index (χ0v) is 17.7. The third-order valence-electron chi connectivity index (χ3n) is 6.01. The van der Waals surface area contributed by atoms with E-state index in [9.17, 15) is 0 Å². The number of likely N-dealkylation sites (tertiary alicyclic amines) is 1. The molecular formula is C25H34N2O2. The van der Waals surface area contributed by atoms with Crippen molar-refractivity contribution in [2.75, 3.05) is 32.8 Å². The zero-order chi connectivity index (χ0) is 20.1. The summed E-state index contributed by atoms with van der Waals surface area (Å²) >= 11 is 0. The van der Waals surface area contributed by atoms with E-state index in [0.717, 1.165) is 43.0 Å². The molecule has 0 aromatic heterocycles. The first-order valence-electron chi connectivity index (χ1n) is 11.1. The predicted molar refractivity (Wildman–Crippen MR) is 117 cm³/mol. The summed E-state index contributed by atoms with van der Waals surface area (Å²) in [5.41, 5.74) is 3.73. The summed E-state index contributed by atoms with van der Waals surface area (Å²) in [6, 6.07) is 9.11. The number of hydrogen-bond donors (Lipinski definition) is 1. The van der Waals surface area contributed by atoms with E-state index in [-0.39, 0.29) is 0 Å². The second-order valence-electron chi connectivity index (χ2n) is 8.65. The Morgan fingerprint density at radius 1 is 1.21 bits per heavy atom. The average Bonchev–Trinajstić information content (AvgIpc) is 3.21. The van der Waals surface area contributed by atoms with Crippen molar-refractivity contribution in [1.82, 2.24) is 10.2 Å². The fourth-order valence-corrected chi connectivity index (χ4v) is 4.67. The van der Waals surface area contributed by atoms with E-state index in [1.54, 1.807) is 0 Å². The predicted octanol–water partition coefficient (Wildman–Crippen LogP) is 4.33. The van der Waals surface area contributed by atoms with E-state index in [1.807, 2.05) is 0 Å². The monoisotopic (exact) mass is 394 g/mol. The summed E-state index contributed by atoms with van der Waals surface area (Å²) in [7, 11) is 0. The smallest absolute Gasteiger partial charge is 0.157 e. The molecule has 2 heterocycles. The lowest BCUT2D eigenvalue weighted by Crippen LogP contribution is -2.41. The summed E-state index contributed by atoms with van der Waals surface area (Å²) in [4.78, 5) is 2.59. The Kier molecular flexibility index (Phi) is 6.60. The first-order chi connectivity index (χ1) is 14.2. The molecule has 156 valence electrons. The maximum atomic E-state index is 5.82. The van der Waals surface area contributed by atoms with E-state index in [0.29, 0.717) is 25.2 Å². The molecule has 1 N–H and O–H groups in total. The molecule has 2 atom stereocenters. The van der Waals surface area contributed by atoms with E-state index in [2.05, 4.69) is 60.1 Å². The van der Waals surface area contributed by atoms with Gasteiger partial charge in [-0.25, -0.2) is 0 Å². The molecule has 2 fully saturated rings. The lowest BCUT2D eigenvalue weighted by molar-refractivity contribution is 0.0551. The standard InChI is InChI=1S/C25H34N2O2/c1-19-6-5-7-21(14-19)15-20(2)26-23(18-27-10-3-4-11-27)16-22-8-9-24-25(17-22)29-13-12-28-24/h5-7,9,14,17,22-23,26H,2-4,8,10-13,15-16,18H2,1H3/t22?,23-/m0/s1. The summed E-state index contributed by atoms with van der Waals surface area (Å²) in [5.74, 6) is 2.34. The molecule has 3 aliphatic rings. The van der Waals surface area contributed by atoms with Gasteiger partial charge in [0.1, 0.15) is 13.2 Å². The Hall–Kier alpha value is -2.20. The number of fused-ring (bicyclic) bond motifs is 1. The average molecular weight is 395 g/mol. The summed E-state index contributed by atoms with van der Waals surface area (Å²) in [6.07, 6.45) is 10.1. The second-order valence-corrected chi connectivity index (χ2v) is 8.65. The number of allylic oxidation sites excluding steroid dienone is 3. The number of hydrogen-bond acceptors (Lipinski definition) is 4. The van der Waals surface area contributed by atoms with Crippen LogP contribution in [0.15, 0.2) is 60.2 Å². The second kappa shape index (κ2) is 9.53. The molecule has 2 saturated heterocycles. The van der Waals surface area contributed by atoms with Gasteiger partial charge in [-0.15, -0.1) is 0 Å². The highest BCUT2D eigenvalue weighted by Gasteiger charge is 2.25. The first kappa shape index (κ1) is 20.1. The minimum absolute atomic E-state index is 0.395. The van der Waals surface area contributed by atoms with E-state index >= 15 is 0 Å². The van der Waals surface area contributed by atoms with Gasteiger partial charge in [-0.1, -0.05) is 36.4 Å². The minimum Gasteiger partial charge on any atom is -0.486 e. The van der Waals surface area contributed by atoms with Crippen molar-refractivity contribution in [2.24, 2.45) is 5.92 Å². The molecule has 0 bridgehead atoms. The van der Waals surface area contributed by atoms with E-state index in [1.165, 1.54) is 37.1 Å². The maximum Gasteiger partial charge on any atom is 0.157 e.